The molecule has 2 rings (SSSR count). The number of aromatic nitrogens is 2. The molecule has 5 nitrogen and oxygen atoms in total. The second-order valence-electron chi connectivity index (χ2n) is 4.58. The number of carbonyl (C=O) groups excluding carboxylic acids is 1. The number of hydrogen-bond acceptors (Lipinski definition) is 4. The van der Waals surface area contributed by atoms with E-state index in [2.05, 4.69) is 15.3 Å². The standard InChI is InChI=1S/C12H16ClN3O2/c1-7-14-6-9(13)11(16-7)12(18)15-5-8-3-2-4-10(8)17/h6,8,10,17H,2-5H2,1H3,(H,15,18). The van der Waals surface area contributed by atoms with E-state index in [9.17, 15) is 9.90 Å². The molecule has 0 aliphatic heterocycles. The average molecular weight is 270 g/mol. The van der Waals surface area contributed by atoms with Crippen LogP contribution >= 0.6 is 11.6 Å². The lowest BCUT2D eigenvalue weighted by Gasteiger charge is -2.15. The summed E-state index contributed by atoms with van der Waals surface area (Å²) in [7, 11) is 0. The smallest absolute Gasteiger partial charge is 0.271 e. The number of nitrogens with one attached hydrogen (secondary N) is 1. The summed E-state index contributed by atoms with van der Waals surface area (Å²) in [4.78, 5) is 19.8. The number of nitrogens with zero attached hydrogens (tertiary/aromatic N) is 2. The number of amides is 1. The number of carbonyl (C=O) groups is 1. The second kappa shape index (κ2) is 5.63. The van der Waals surface area contributed by atoms with E-state index in [0.717, 1.165) is 19.3 Å². The number of aliphatic hydroxyl groups excluding tert-OH is 1. The van der Waals surface area contributed by atoms with Crippen molar-refractivity contribution in [3.8, 4) is 0 Å². The molecular formula is C12H16ClN3O2. The molecule has 0 radical (unpaired) electrons. The Morgan fingerprint density at radius 2 is 2.39 bits per heavy atom. The first-order valence-electron chi connectivity index (χ1n) is 6.03. The minimum absolute atomic E-state index is 0.135. The van der Waals surface area contributed by atoms with Crippen molar-refractivity contribution in [2.75, 3.05) is 6.54 Å². The van der Waals surface area contributed by atoms with Gasteiger partial charge in [0.15, 0.2) is 0 Å². The van der Waals surface area contributed by atoms with E-state index in [4.69, 9.17) is 11.6 Å². The van der Waals surface area contributed by atoms with Gasteiger partial charge in [-0.05, 0) is 19.8 Å². The fourth-order valence-corrected chi connectivity index (χ4v) is 2.35. The highest BCUT2D eigenvalue weighted by molar-refractivity contribution is 6.33. The van der Waals surface area contributed by atoms with E-state index in [1.165, 1.54) is 6.20 Å². The van der Waals surface area contributed by atoms with Gasteiger partial charge < -0.3 is 10.4 Å². The van der Waals surface area contributed by atoms with Crippen LogP contribution in [0, 0.1) is 12.8 Å². The van der Waals surface area contributed by atoms with Crippen molar-refractivity contribution in [2.45, 2.75) is 32.3 Å². The normalized spacial score (nSPS) is 23.1. The monoisotopic (exact) mass is 269 g/mol. The van der Waals surface area contributed by atoms with Crippen LogP contribution in [0.25, 0.3) is 0 Å². The van der Waals surface area contributed by atoms with Crippen molar-refractivity contribution in [3.05, 3.63) is 22.7 Å². The van der Waals surface area contributed by atoms with Crippen molar-refractivity contribution in [1.82, 2.24) is 15.3 Å². The zero-order valence-corrected chi connectivity index (χ0v) is 10.9. The maximum absolute atomic E-state index is 11.9. The summed E-state index contributed by atoms with van der Waals surface area (Å²) < 4.78 is 0. The summed E-state index contributed by atoms with van der Waals surface area (Å²) in [6, 6.07) is 0. The fourth-order valence-electron chi connectivity index (χ4n) is 2.18. The number of aliphatic hydroxyl groups is 1. The van der Waals surface area contributed by atoms with Crippen LogP contribution in [0.4, 0.5) is 0 Å². The lowest BCUT2D eigenvalue weighted by Crippen LogP contribution is -2.33. The first-order valence-corrected chi connectivity index (χ1v) is 6.41. The molecule has 1 aliphatic carbocycles. The van der Waals surface area contributed by atoms with Gasteiger partial charge in [0, 0.05) is 12.5 Å². The van der Waals surface area contributed by atoms with E-state index in [0.29, 0.717) is 12.4 Å². The summed E-state index contributed by atoms with van der Waals surface area (Å²) in [5.41, 5.74) is 0.191. The van der Waals surface area contributed by atoms with Gasteiger partial charge in [-0.25, -0.2) is 9.97 Å². The molecule has 1 saturated carbocycles. The summed E-state index contributed by atoms with van der Waals surface area (Å²) in [6.45, 7) is 2.16. The molecule has 0 saturated heterocycles. The van der Waals surface area contributed by atoms with Crippen LogP contribution in [0.15, 0.2) is 6.20 Å². The van der Waals surface area contributed by atoms with Gasteiger partial charge >= 0.3 is 0 Å². The molecular weight excluding hydrogens is 254 g/mol. The van der Waals surface area contributed by atoms with E-state index < -0.39 is 0 Å². The Balaban J connectivity index is 1.97. The minimum atomic E-state index is -0.315. The topological polar surface area (TPSA) is 75.1 Å². The van der Waals surface area contributed by atoms with Crippen molar-refractivity contribution in [1.29, 1.82) is 0 Å². The Labute approximate surface area is 111 Å². The van der Waals surface area contributed by atoms with Crippen LogP contribution in [0.1, 0.15) is 35.6 Å². The molecule has 0 bridgehead atoms. The molecule has 18 heavy (non-hydrogen) atoms. The Bertz CT molecular complexity index is 453. The maximum atomic E-state index is 11.9. The van der Waals surface area contributed by atoms with Gasteiger partial charge in [0.2, 0.25) is 0 Å². The molecule has 6 heteroatoms. The lowest BCUT2D eigenvalue weighted by atomic mass is 10.1. The van der Waals surface area contributed by atoms with Crippen molar-refractivity contribution >= 4 is 17.5 Å². The van der Waals surface area contributed by atoms with Gasteiger partial charge in [-0.3, -0.25) is 4.79 Å². The SMILES string of the molecule is Cc1ncc(Cl)c(C(=O)NCC2CCCC2O)n1. The predicted molar refractivity (Wildman–Crippen MR) is 67.5 cm³/mol. The molecule has 1 aliphatic rings. The van der Waals surface area contributed by atoms with Gasteiger partial charge in [-0.2, -0.15) is 0 Å². The third-order valence-corrected chi connectivity index (χ3v) is 3.50. The van der Waals surface area contributed by atoms with Crippen molar-refractivity contribution < 1.29 is 9.90 Å². The molecule has 0 aromatic carbocycles. The van der Waals surface area contributed by atoms with Crippen LogP contribution in [-0.4, -0.2) is 33.6 Å². The molecule has 1 fully saturated rings. The van der Waals surface area contributed by atoms with E-state index in [-0.39, 0.29) is 28.6 Å². The van der Waals surface area contributed by atoms with E-state index in [1.54, 1.807) is 6.92 Å². The molecule has 1 heterocycles. The van der Waals surface area contributed by atoms with E-state index >= 15 is 0 Å². The second-order valence-corrected chi connectivity index (χ2v) is 4.99. The van der Waals surface area contributed by atoms with Gasteiger partial charge in [-0.15, -0.1) is 0 Å². The molecule has 98 valence electrons. The molecule has 0 spiro atoms. The van der Waals surface area contributed by atoms with Gasteiger partial charge in [0.1, 0.15) is 11.5 Å². The number of halogens is 1. The van der Waals surface area contributed by atoms with E-state index in [1.807, 2.05) is 0 Å². The lowest BCUT2D eigenvalue weighted by molar-refractivity contribution is 0.0911. The molecule has 2 unspecified atom stereocenters. The minimum Gasteiger partial charge on any atom is -0.393 e. The molecule has 1 aromatic heterocycles. The molecule has 2 N–H and O–H groups in total. The Morgan fingerprint density at radius 1 is 1.61 bits per heavy atom. The fraction of sp³-hybridized carbons (Fsp3) is 0.583. The molecule has 1 aromatic rings. The third-order valence-electron chi connectivity index (χ3n) is 3.22. The highest BCUT2D eigenvalue weighted by Gasteiger charge is 2.26. The number of rotatable bonds is 3. The summed E-state index contributed by atoms with van der Waals surface area (Å²) in [6.07, 6.45) is 3.87. The first kappa shape index (κ1) is 13.2. The highest BCUT2D eigenvalue weighted by Crippen LogP contribution is 2.24. The average Bonchev–Trinajstić information content (AvgIpc) is 2.75. The van der Waals surface area contributed by atoms with Crippen LogP contribution in [0.2, 0.25) is 5.02 Å². The van der Waals surface area contributed by atoms with Gasteiger partial charge in [0.25, 0.3) is 5.91 Å². The third kappa shape index (κ3) is 2.97. The highest BCUT2D eigenvalue weighted by atomic mass is 35.5. The summed E-state index contributed by atoms with van der Waals surface area (Å²) >= 11 is 5.88. The Morgan fingerprint density at radius 3 is 3.06 bits per heavy atom. The molecule has 1 amide bonds. The largest absolute Gasteiger partial charge is 0.393 e. The number of aryl methyl sites for hydroxylation is 1. The van der Waals surface area contributed by atoms with Crippen LogP contribution in [0.3, 0.4) is 0 Å². The zero-order valence-electron chi connectivity index (χ0n) is 10.2. The van der Waals surface area contributed by atoms with Gasteiger partial charge in [0.05, 0.1) is 17.3 Å². The predicted octanol–water partition coefficient (Wildman–Crippen LogP) is 1.33. The number of hydrogen-bond donors (Lipinski definition) is 2. The Kier molecular flexibility index (Phi) is 4.14. The van der Waals surface area contributed by atoms with Crippen LogP contribution in [-0.2, 0) is 0 Å². The molecule has 2 atom stereocenters. The quantitative estimate of drug-likeness (QED) is 0.868. The zero-order chi connectivity index (χ0) is 13.1. The van der Waals surface area contributed by atoms with Crippen molar-refractivity contribution in [2.24, 2.45) is 5.92 Å². The summed E-state index contributed by atoms with van der Waals surface area (Å²) in [5, 5.41) is 12.7. The summed E-state index contributed by atoms with van der Waals surface area (Å²) in [5.74, 6) is 0.325. The van der Waals surface area contributed by atoms with Crippen LogP contribution < -0.4 is 5.32 Å². The van der Waals surface area contributed by atoms with Crippen LogP contribution in [0.5, 0.6) is 0 Å². The van der Waals surface area contributed by atoms with Crippen molar-refractivity contribution in [3.63, 3.8) is 0 Å². The first-order chi connectivity index (χ1) is 8.58. The Hall–Kier alpha value is -1.20. The van der Waals surface area contributed by atoms with Gasteiger partial charge in [-0.1, -0.05) is 18.0 Å². The maximum Gasteiger partial charge on any atom is 0.271 e.